The number of fused-ring (bicyclic) bond motifs is 1. The fourth-order valence-corrected chi connectivity index (χ4v) is 4.54. The molecule has 3 heterocycles. The molecule has 5 rings (SSSR count). The highest BCUT2D eigenvalue weighted by atomic mass is 35.5. The molecule has 32 heavy (non-hydrogen) atoms. The van der Waals surface area contributed by atoms with Crippen molar-refractivity contribution in [1.82, 2.24) is 15.1 Å². The van der Waals surface area contributed by atoms with Crippen LogP contribution in [0.5, 0.6) is 0 Å². The van der Waals surface area contributed by atoms with Crippen molar-refractivity contribution in [2.24, 2.45) is 0 Å². The van der Waals surface area contributed by atoms with Crippen LogP contribution in [0.2, 0.25) is 5.02 Å². The SMILES string of the molecule is O=C(NC1CCOC1)c1cc(-n2ncc3cc(Nc4c(F)cccc4Cl)c(F)cc32)cs1. The molecule has 0 bridgehead atoms. The van der Waals surface area contributed by atoms with E-state index >= 15 is 0 Å². The quantitative estimate of drug-likeness (QED) is 0.413. The first-order valence-corrected chi connectivity index (χ1v) is 11.1. The highest BCUT2D eigenvalue weighted by molar-refractivity contribution is 7.12. The van der Waals surface area contributed by atoms with E-state index in [2.05, 4.69) is 15.7 Å². The molecule has 1 aliphatic heterocycles. The summed E-state index contributed by atoms with van der Waals surface area (Å²) in [6, 6.07) is 8.82. The first-order valence-electron chi connectivity index (χ1n) is 9.85. The van der Waals surface area contributed by atoms with E-state index in [1.165, 1.54) is 41.7 Å². The van der Waals surface area contributed by atoms with Gasteiger partial charge in [0.15, 0.2) is 0 Å². The fraction of sp³-hybridized carbons (Fsp3) is 0.182. The van der Waals surface area contributed by atoms with Gasteiger partial charge < -0.3 is 15.4 Å². The number of thiophene rings is 1. The second kappa shape index (κ2) is 8.50. The number of nitrogens with zero attached hydrogens (tertiary/aromatic N) is 2. The fourth-order valence-electron chi connectivity index (χ4n) is 3.56. The number of amides is 1. The van der Waals surface area contributed by atoms with E-state index in [0.29, 0.717) is 34.7 Å². The Kier molecular flexibility index (Phi) is 5.54. The number of hydrogen-bond acceptors (Lipinski definition) is 5. The van der Waals surface area contributed by atoms with Crippen molar-refractivity contribution < 1.29 is 18.3 Å². The number of anilines is 2. The zero-order chi connectivity index (χ0) is 22.2. The maximum atomic E-state index is 14.9. The Morgan fingerprint density at radius 1 is 1.25 bits per heavy atom. The van der Waals surface area contributed by atoms with Gasteiger partial charge in [0.2, 0.25) is 0 Å². The van der Waals surface area contributed by atoms with Gasteiger partial charge in [0.1, 0.15) is 11.6 Å². The Labute approximate surface area is 190 Å². The van der Waals surface area contributed by atoms with E-state index in [4.69, 9.17) is 16.3 Å². The molecule has 6 nitrogen and oxygen atoms in total. The van der Waals surface area contributed by atoms with E-state index in [-0.39, 0.29) is 28.3 Å². The van der Waals surface area contributed by atoms with E-state index in [9.17, 15) is 13.6 Å². The molecule has 0 spiro atoms. The normalized spacial score (nSPS) is 15.9. The van der Waals surface area contributed by atoms with Crippen LogP contribution in [-0.4, -0.2) is 34.9 Å². The summed E-state index contributed by atoms with van der Waals surface area (Å²) >= 11 is 7.32. The smallest absolute Gasteiger partial charge is 0.261 e. The van der Waals surface area contributed by atoms with Gasteiger partial charge in [-0.15, -0.1) is 11.3 Å². The summed E-state index contributed by atoms with van der Waals surface area (Å²) in [6.07, 6.45) is 2.37. The third-order valence-corrected chi connectivity index (χ3v) is 6.43. The monoisotopic (exact) mass is 474 g/mol. The predicted octanol–water partition coefficient (Wildman–Crippen LogP) is 5.28. The average molecular weight is 475 g/mol. The Bertz CT molecular complexity index is 1300. The van der Waals surface area contributed by atoms with Gasteiger partial charge in [-0.25, -0.2) is 13.5 Å². The zero-order valence-corrected chi connectivity index (χ0v) is 18.1. The average Bonchev–Trinajstić information content (AvgIpc) is 3.51. The molecule has 1 aliphatic rings. The van der Waals surface area contributed by atoms with Crippen LogP contribution in [0.15, 0.2) is 48.0 Å². The number of carbonyl (C=O) groups excluding carboxylic acids is 1. The number of ether oxygens (including phenoxy) is 1. The summed E-state index contributed by atoms with van der Waals surface area (Å²) in [4.78, 5) is 13.0. The molecule has 0 radical (unpaired) electrons. The Morgan fingerprint density at radius 3 is 2.91 bits per heavy atom. The van der Waals surface area contributed by atoms with Crippen LogP contribution in [-0.2, 0) is 4.74 Å². The number of nitrogens with one attached hydrogen (secondary N) is 2. The topological polar surface area (TPSA) is 68.2 Å². The molecule has 1 atom stereocenters. The molecule has 0 saturated carbocycles. The van der Waals surface area contributed by atoms with Crippen LogP contribution in [0.4, 0.5) is 20.2 Å². The van der Waals surface area contributed by atoms with Crippen LogP contribution < -0.4 is 10.6 Å². The highest BCUT2D eigenvalue weighted by Gasteiger charge is 2.20. The van der Waals surface area contributed by atoms with Crippen LogP contribution in [0, 0.1) is 11.6 Å². The zero-order valence-electron chi connectivity index (χ0n) is 16.6. The van der Waals surface area contributed by atoms with Crippen LogP contribution in [0.1, 0.15) is 16.1 Å². The molecule has 4 aromatic rings. The Balaban J connectivity index is 1.42. The van der Waals surface area contributed by atoms with E-state index < -0.39 is 11.6 Å². The second-order valence-electron chi connectivity index (χ2n) is 7.37. The minimum atomic E-state index is -0.590. The lowest BCUT2D eigenvalue weighted by Crippen LogP contribution is -2.34. The molecule has 1 unspecified atom stereocenters. The molecule has 0 aliphatic carbocycles. The first-order chi connectivity index (χ1) is 15.5. The van der Waals surface area contributed by atoms with Crippen molar-refractivity contribution >= 4 is 51.1 Å². The molecule has 164 valence electrons. The van der Waals surface area contributed by atoms with Gasteiger partial charge in [-0.3, -0.25) is 4.79 Å². The van der Waals surface area contributed by atoms with Gasteiger partial charge in [0.25, 0.3) is 5.91 Å². The van der Waals surface area contributed by atoms with Crippen molar-refractivity contribution in [3.8, 4) is 5.69 Å². The molecule has 2 aromatic carbocycles. The van der Waals surface area contributed by atoms with E-state index in [1.54, 1.807) is 22.3 Å². The van der Waals surface area contributed by atoms with Gasteiger partial charge in [0, 0.05) is 23.4 Å². The largest absolute Gasteiger partial charge is 0.379 e. The van der Waals surface area contributed by atoms with Gasteiger partial charge >= 0.3 is 0 Å². The third kappa shape index (κ3) is 3.94. The van der Waals surface area contributed by atoms with E-state index in [1.807, 2.05) is 0 Å². The standard InChI is InChI=1S/C22H17ClF2N4O2S/c23-15-2-1-3-16(24)21(15)28-18-6-12-9-26-29(19(12)8-17(18)25)14-7-20(32-11-14)22(30)27-13-4-5-31-10-13/h1-3,6-9,11,13,28H,4-5,10H2,(H,27,30). The van der Waals surface area contributed by atoms with Crippen molar-refractivity contribution in [3.63, 3.8) is 0 Å². The molecule has 1 saturated heterocycles. The van der Waals surface area contributed by atoms with Crippen molar-refractivity contribution in [1.29, 1.82) is 0 Å². The maximum absolute atomic E-state index is 14.9. The lowest BCUT2D eigenvalue weighted by Gasteiger charge is -2.11. The van der Waals surface area contributed by atoms with Crippen LogP contribution >= 0.6 is 22.9 Å². The molecular weight excluding hydrogens is 458 g/mol. The minimum absolute atomic E-state index is 0.000889. The minimum Gasteiger partial charge on any atom is -0.379 e. The molecule has 10 heteroatoms. The third-order valence-electron chi connectivity index (χ3n) is 5.20. The summed E-state index contributed by atoms with van der Waals surface area (Å²) in [5.74, 6) is -1.35. The molecule has 2 aromatic heterocycles. The summed E-state index contributed by atoms with van der Waals surface area (Å²) < 4.78 is 35.8. The summed E-state index contributed by atoms with van der Waals surface area (Å²) in [5.41, 5.74) is 1.24. The lowest BCUT2D eigenvalue weighted by atomic mass is 10.2. The number of aromatic nitrogens is 2. The van der Waals surface area contributed by atoms with Crippen molar-refractivity contribution in [3.05, 3.63) is 69.5 Å². The first kappa shape index (κ1) is 20.9. The summed E-state index contributed by atoms with van der Waals surface area (Å²) in [5, 5.41) is 12.6. The van der Waals surface area contributed by atoms with Crippen LogP contribution in [0.25, 0.3) is 16.6 Å². The number of benzene rings is 2. The lowest BCUT2D eigenvalue weighted by molar-refractivity contribution is 0.0934. The molecule has 2 N–H and O–H groups in total. The van der Waals surface area contributed by atoms with Gasteiger partial charge in [-0.05, 0) is 30.7 Å². The molecular formula is C22H17ClF2N4O2S. The molecule has 1 fully saturated rings. The Hall–Kier alpha value is -3.01. The van der Waals surface area contributed by atoms with Gasteiger partial charge in [-0.2, -0.15) is 5.10 Å². The number of rotatable bonds is 5. The number of para-hydroxylation sites is 1. The maximum Gasteiger partial charge on any atom is 0.261 e. The van der Waals surface area contributed by atoms with Crippen molar-refractivity contribution in [2.75, 3.05) is 18.5 Å². The summed E-state index contributed by atoms with van der Waals surface area (Å²) in [7, 11) is 0. The highest BCUT2D eigenvalue weighted by Crippen LogP contribution is 2.32. The number of carbonyl (C=O) groups is 1. The Morgan fingerprint density at radius 2 is 2.12 bits per heavy atom. The summed E-state index contributed by atoms with van der Waals surface area (Å²) in [6.45, 7) is 1.16. The number of hydrogen-bond donors (Lipinski definition) is 2. The second-order valence-corrected chi connectivity index (χ2v) is 8.69. The molecule has 1 amide bonds. The van der Waals surface area contributed by atoms with Crippen LogP contribution in [0.3, 0.4) is 0 Å². The van der Waals surface area contributed by atoms with Gasteiger partial charge in [-0.1, -0.05) is 17.7 Å². The number of halogens is 3. The van der Waals surface area contributed by atoms with Crippen molar-refractivity contribution in [2.45, 2.75) is 12.5 Å². The predicted molar refractivity (Wildman–Crippen MR) is 120 cm³/mol. The van der Waals surface area contributed by atoms with E-state index in [0.717, 1.165) is 6.42 Å². The van der Waals surface area contributed by atoms with Gasteiger partial charge in [0.05, 0.1) is 51.3 Å².